The number of aromatic nitrogens is 1. The standard InChI is InChI=1S/C23H21F3N2O3/c1-28-13-18-17-11-16(27)6-8-20(17)31-19-7-5-15(23(24,25)26)10-14(19)4-2-3-9-30-21(18)12-22(28)29/h5-8,10-13H,2-4,9,27H2,1H3. The molecule has 0 fully saturated rings. The van der Waals surface area contributed by atoms with E-state index in [-0.39, 0.29) is 5.56 Å². The lowest BCUT2D eigenvalue weighted by Gasteiger charge is -2.20. The maximum Gasteiger partial charge on any atom is 0.416 e. The van der Waals surface area contributed by atoms with Gasteiger partial charge in [-0.2, -0.15) is 13.2 Å². The minimum Gasteiger partial charge on any atom is -0.493 e. The average Bonchev–Trinajstić information content (AvgIpc) is 2.70. The van der Waals surface area contributed by atoms with Crippen molar-refractivity contribution in [3.8, 4) is 28.4 Å². The van der Waals surface area contributed by atoms with Gasteiger partial charge in [-0.15, -0.1) is 0 Å². The third kappa shape index (κ3) is 4.38. The van der Waals surface area contributed by atoms with Gasteiger partial charge >= 0.3 is 6.18 Å². The maximum atomic E-state index is 13.2. The molecule has 1 aliphatic heterocycles. The van der Waals surface area contributed by atoms with E-state index in [1.165, 1.54) is 16.7 Å². The molecule has 4 rings (SSSR count). The Kier molecular flexibility index (Phi) is 5.39. The number of hydrogen-bond acceptors (Lipinski definition) is 4. The Morgan fingerprint density at radius 3 is 2.52 bits per heavy atom. The SMILES string of the molecule is Cn1cc2c(cc1=O)OCCCCc1cc(C(F)(F)F)ccc1Oc1ccc(N)cc1-2. The van der Waals surface area contributed by atoms with E-state index in [1.54, 1.807) is 31.4 Å². The predicted molar refractivity (Wildman–Crippen MR) is 111 cm³/mol. The molecule has 162 valence electrons. The Bertz CT molecular complexity index is 1190. The Morgan fingerprint density at radius 1 is 0.968 bits per heavy atom. The Hall–Kier alpha value is -3.42. The molecule has 0 radical (unpaired) electrons. The van der Waals surface area contributed by atoms with E-state index in [0.29, 0.717) is 65.5 Å². The van der Waals surface area contributed by atoms with Crippen molar-refractivity contribution in [2.75, 3.05) is 12.3 Å². The largest absolute Gasteiger partial charge is 0.493 e. The number of anilines is 1. The summed E-state index contributed by atoms with van der Waals surface area (Å²) in [6, 6.07) is 9.92. The molecule has 1 aromatic heterocycles. The lowest BCUT2D eigenvalue weighted by Crippen LogP contribution is -2.16. The van der Waals surface area contributed by atoms with Gasteiger partial charge in [-0.1, -0.05) is 0 Å². The van der Waals surface area contributed by atoms with Crippen molar-refractivity contribution in [1.29, 1.82) is 0 Å². The van der Waals surface area contributed by atoms with Crippen LogP contribution in [-0.4, -0.2) is 11.2 Å². The maximum absolute atomic E-state index is 13.2. The monoisotopic (exact) mass is 430 g/mol. The number of nitrogens with two attached hydrogens (primary N) is 1. The Morgan fingerprint density at radius 2 is 1.74 bits per heavy atom. The number of fused-ring (bicyclic) bond motifs is 4. The summed E-state index contributed by atoms with van der Waals surface area (Å²) < 4.78 is 53.0. The number of nitrogen functional groups attached to an aromatic ring is 1. The molecule has 0 saturated carbocycles. The van der Waals surface area contributed by atoms with E-state index in [1.807, 2.05) is 0 Å². The van der Waals surface area contributed by atoms with Gasteiger partial charge in [-0.25, -0.2) is 0 Å². The minimum absolute atomic E-state index is 0.220. The van der Waals surface area contributed by atoms with Crippen molar-refractivity contribution in [2.45, 2.75) is 25.4 Å². The van der Waals surface area contributed by atoms with Gasteiger partial charge in [0.2, 0.25) is 0 Å². The summed E-state index contributed by atoms with van der Waals surface area (Å²) in [6.07, 6.45) is -1.19. The molecule has 2 aromatic carbocycles. The predicted octanol–water partition coefficient (Wildman–Crippen LogP) is 5.16. The summed E-state index contributed by atoms with van der Waals surface area (Å²) in [4.78, 5) is 12.2. The summed E-state index contributed by atoms with van der Waals surface area (Å²) in [5.41, 5.74) is 7.20. The van der Waals surface area contributed by atoms with Crippen LogP contribution >= 0.6 is 0 Å². The lowest BCUT2D eigenvalue weighted by atomic mass is 10.0. The molecule has 0 aliphatic carbocycles. The first-order valence-electron chi connectivity index (χ1n) is 9.84. The highest BCUT2D eigenvalue weighted by atomic mass is 19.4. The molecule has 0 amide bonds. The fourth-order valence-electron chi connectivity index (χ4n) is 3.55. The fourth-order valence-corrected chi connectivity index (χ4v) is 3.55. The number of alkyl halides is 3. The highest BCUT2D eigenvalue weighted by Gasteiger charge is 2.31. The van der Waals surface area contributed by atoms with Gasteiger partial charge in [0, 0.05) is 36.1 Å². The van der Waals surface area contributed by atoms with Crippen molar-refractivity contribution < 1.29 is 22.6 Å². The first-order valence-corrected chi connectivity index (χ1v) is 9.84. The van der Waals surface area contributed by atoms with Gasteiger partial charge in [-0.3, -0.25) is 4.79 Å². The molecular formula is C23H21F3N2O3. The number of pyridine rings is 1. The van der Waals surface area contributed by atoms with Crippen LogP contribution in [0.3, 0.4) is 0 Å². The molecule has 0 saturated heterocycles. The van der Waals surface area contributed by atoms with Crippen LogP contribution in [0.2, 0.25) is 0 Å². The molecule has 1 aliphatic rings. The Balaban J connectivity index is 1.89. The van der Waals surface area contributed by atoms with Gasteiger partial charge in [-0.05, 0) is 61.2 Å². The third-order valence-corrected chi connectivity index (χ3v) is 5.19. The molecule has 0 bridgehead atoms. The van der Waals surface area contributed by atoms with Crippen molar-refractivity contribution in [1.82, 2.24) is 4.57 Å². The van der Waals surface area contributed by atoms with Crippen LogP contribution in [0, 0.1) is 0 Å². The number of halogens is 3. The van der Waals surface area contributed by atoms with Crippen molar-refractivity contribution in [2.24, 2.45) is 7.05 Å². The number of aryl methyl sites for hydroxylation is 2. The molecule has 0 unspecified atom stereocenters. The minimum atomic E-state index is -4.43. The molecule has 2 heterocycles. The van der Waals surface area contributed by atoms with Crippen molar-refractivity contribution >= 4 is 5.69 Å². The van der Waals surface area contributed by atoms with Gasteiger partial charge in [0.1, 0.15) is 17.2 Å². The van der Waals surface area contributed by atoms with E-state index >= 15 is 0 Å². The molecule has 0 spiro atoms. The molecular weight excluding hydrogens is 409 g/mol. The van der Waals surface area contributed by atoms with E-state index in [0.717, 1.165) is 12.1 Å². The smallest absolute Gasteiger partial charge is 0.416 e. The summed E-state index contributed by atoms with van der Waals surface area (Å²) in [6.45, 7) is 0.326. The normalized spacial score (nSPS) is 14.1. The molecule has 0 atom stereocenters. The van der Waals surface area contributed by atoms with Crippen LogP contribution in [0.4, 0.5) is 18.9 Å². The zero-order chi connectivity index (χ0) is 22.2. The second-order valence-corrected chi connectivity index (χ2v) is 7.48. The molecule has 3 aromatic rings. The number of hydrogen-bond donors (Lipinski definition) is 1. The highest BCUT2D eigenvalue weighted by Crippen LogP contribution is 2.41. The van der Waals surface area contributed by atoms with Gasteiger partial charge in [0.25, 0.3) is 5.56 Å². The zero-order valence-corrected chi connectivity index (χ0v) is 16.8. The number of nitrogens with zero attached hydrogens (tertiary/aromatic N) is 1. The molecule has 8 heteroatoms. The fraction of sp³-hybridized carbons (Fsp3) is 0.261. The van der Waals surface area contributed by atoms with Crippen molar-refractivity contribution in [3.63, 3.8) is 0 Å². The molecule has 31 heavy (non-hydrogen) atoms. The number of ether oxygens (including phenoxy) is 2. The second kappa shape index (κ2) is 8.02. The van der Waals surface area contributed by atoms with Crippen LogP contribution in [-0.2, 0) is 19.6 Å². The lowest BCUT2D eigenvalue weighted by molar-refractivity contribution is -0.137. The Labute approximate surface area is 176 Å². The average molecular weight is 430 g/mol. The summed E-state index contributed by atoms with van der Waals surface area (Å²) >= 11 is 0. The van der Waals surface area contributed by atoms with E-state index in [9.17, 15) is 18.0 Å². The van der Waals surface area contributed by atoms with Gasteiger partial charge in [0.15, 0.2) is 0 Å². The van der Waals surface area contributed by atoms with Crippen LogP contribution in [0.15, 0.2) is 53.5 Å². The van der Waals surface area contributed by atoms with Crippen LogP contribution in [0.1, 0.15) is 24.0 Å². The first-order chi connectivity index (χ1) is 14.7. The van der Waals surface area contributed by atoms with E-state index in [4.69, 9.17) is 15.2 Å². The first kappa shape index (κ1) is 20.8. The summed E-state index contributed by atoms with van der Waals surface area (Å²) in [7, 11) is 1.62. The summed E-state index contributed by atoms with van der Waals surface area (Å²) in [5.74, 6) is 1.16. The third-order valence-electron chi connectivity index (χ3n) is 5.19. The zero-order valence-electron chi connectivity index (χ0n) is 16.8. The summed E-state index contributed by atoms with van der Waals surface area (Å²) in [5, 5.41) is 0. The second-order valence-electron chi connectivity index (χ2n) is 7.48. The quantitative estimate of drug-likeness (QED) is 0.501. The van der Waals surface area contributed by atoms with Crippen molar-refractivity contribution in [3.05, 3.63) is 70.1 Å². The van der Waals surface area contributed by atoms with Crippen LogP contribution in [0.25, 0.3) is 11.1 Å². The topological polar surface area (TPSA) is 66.5 Å². The number of benzene rings is 2. The number of rotatable bonds is 0. The van der Waals surface area contributed by atoms with Gasteiger partial charge in [0.05, 0.1) is 12.2 Å². The highest BCUT2D eigenvalue weighted by molar-refractivity contribution is 5.78. The van der Waals surface area contributed by atoms with Gasteiger partial charge < -0.3 is 19.8 Å². The van der Waals surface area contributed by atoms with Crippen LogP contribution in [0.5, 0.6) is 17.2 Å². The molecule has 5 nitrogen and oxygen atoms in total. The van der Waals surface area contributed by atoms with E-state index < -0.39 is 11.7 Å². The van der Waals surface area contributed by atoms with E-state index in [2.05, 4.69) is 0 Å². The van der Waals surface area contributed by atoms with Crippen LogP contribution < -0.4 is 20.8 Å². The molecule has 2 N–H and O–H groups in total.